The SMILES string of the molecule is c1ccc(-c2cccc(C3=NC4=NC(c5cccc(-c6ccccn6)n5)=NC5=NC(c6cccc(-c7ccccn7)n6)=NC(=N3)N45)n2)nc1. The molecule has 9 rings (SSSR count). The first kappa shape index (κ1) is 28.0. The molecular weight excluding hydrogens is 614 g/mol. The van der Waals surface area contributed by atoms with Gasteiger partial charge in [0.2, 0.25) is 17.9 Å². The topological polar surface area (TPSA) is 155 Å². The molecule has 9 heterocycles. The van der Waals surface area contributed by atoms with Crippen molar-refractivity contribution in [3.63, 3.8) is 0 Å². The maximum Gasteiger partial charge on any atom is 0.243 e. The second-order valence-electron chi connectivity index (χ2n) is 10.7. The molecule has 0 saturated carbocycles. The van der Waals surface area contributed by atoms with E-state index in [0.29, 0.717) is 51.7 Å². The minimum atomic E-state index is 0.275. The third-order valence-electron chi connectivity index (χ3n) is 7.55. The Morgan fingerprint density at radius 2 is 0.592 bits per heavy atom. The van der Waals surface area contributed by atoms with E-state index in [1.165, 1.54) is 0 Å². The van der Waals surface area contributed by atoms with Gasteiger partial charge in [-0.3, -0.25) is 15.0 Å². The van der Waals surface area contributed by atoms with Crippen LogP contribution >= 0.6 is 0 Å². The van der Waals surface area contributed by atoms with Crippen molar-refractivity contribution in [2.45, 2.75) is 0 Å². The van der Waals surface area contributed by atoms with Crippen LogP contribution in [0.5, 0.6) is 0 Å². The Hall–Kier alpha value is -7.28. The van der Waals surface area contributed by atoms with E-state index in [1.54, 1.807) is 23.5 Å². The number of guanidine groups is 3. The van der Waals surface area contributed by atoms with Crippen molar-refractivity contribution in [1.29, 1.82) is 0 Å². The van der Waals surface area contributed by atoms with E-state index < -0.39 is 0 Å². The Morgan fingerprint density at radius 1 is 0.286 bits per heavy atom. The van der Waals surface area contributed by atoms with Gasteiger partial charge in [-0.2, -0.15) is 30.0 Å². The van der Waals surface area contributed by atoms with Gasteiger partial charge >= 0.3 is 0 Å². The average Bonchev–Trinajstić information content (AvgIpc) is 3.19. The van der Waals surface area contributed by atoms with E-state index in [9.17, 15) is 0 Å². The van der Waals surface area contributed by atoms with Crippen LogP contribution < -0.4 is 0 Å². The number of aromatic nitrogens is 6. The molecule has 6 aromatic rings. The Labute approximate surface area is 278 Å². The minimum absolute atomic E-state index is 0.275. The number of aliphatic imine (C=N–C) groups is 6. The van der Waals surface area contributed by atoms with Gasteiger partial charge in [0, 0.05) is 18.6 Å². The molecule has 230 valence electrons. The van der Waals surface area contributed by atoms with Crippen LogP contribution in [0.25, 0.3) is 34.2 Å². The number of hydrogen-bond acceptors (Lipinski definition) is 13. The summed E-state index contributed by atoms with van der Waals surface area (Å²) in [5.41, 5.74) is 5.78. The molecule has 0 atom stereocenters. The molecule has 0 bridgehead atoms. The molecule has 0 spiro atoms. The van der Waals surface area contributed by atoms with Crippen molar-refractivity contribution in [1.82, 2.24) is 34.8 Å². The molecular formula is C36H21N13. The minimum Gasteiger partial charge on any atom is -0.255 e. The lowest BCUT2D eigenvalue weighted by Crippen LogP contribution is -2.48. The molecule has 0 unspecified atom stereocenters. The van der Waals surface area contributed by atoms with Gasteiger partial charge in [0.25, 0.3) is 0 Å². The highest BCUT2D eigenvalue weighted by Crippen LogP contribution is 2.24. The molecule has 0 aliphatic carbocycles. The molecule has 13 nitrogen and oxygen atoms in total. The molecule has 0 N–H and O–H groups in total. The summed E-state index contributed by atoms with van der Waals surface area (Å²) in [6, 6.07) is 33.9. The van der Waals surface area contributed by atoms with Crippen LogP contribution in [0.2, 0.25) is 0 Å². The van der Waals surface area contributed by atoms with E-state index in [4.69, 9.17) is 44.9 Å². The van der Waals surface area contributed by atoms with Crippen LogP contribution in [-0.2, 0) is 0 Å². The predicted molar refractivity (Wildman–Crippen MR) is 186 cm³/mol. The van der Waals surface area contributed by atoms with Crippen molar-refractivity contribution in [3.05, 3.63) is 145 Å². The van der Waals surface area contributed by atoms with Crippen molar-refractivity contribution in [2.24, 2.45) is 30.0 Å². The number of pyridine rings is 6. The lowest BCUT2D eigenvalue weighted by atomic mass is 10.2. The molecule has 0 saturated heterocycles. The van der Waals surface area contributed by atoms with Gasteiger partial charge in [0.1, 0.15) is 17.1 Å². The molecule has 3 aliphatic heterocycles. The Bertz CT molecular complexity index is 2160. The van der Waals surface area contributed by atoms with Gasteiger partial charge in [-0.15, -0.1) is 0 Å². The zero-order chi connectivity index (χ0) is 32.6. The van der Waals surface area contributed by atoms with E-state index in [2.05, 4.69) is 15.0 Å². The van der Waals surface area contributed by atoms with Crippen LogP contribution in [0.15, 0.2) is 158 Å². The molecule has 0 fully saturated rings. The lowest BCUT2D eigenvalue weighted by molar-refractivity contribution is 0.826. The monoisotopic (exact) mass is 635 g/mol. The Morgan fingerprint density at radius 3 is 0.898 bits per heavy atom. The Kier molecular flexibility index (Phi) is 6.75. The van der Waals surface area contributed by atoms with Crippen LogP contribution in [0.1, 0.15) is 17.1 Å². The highest BCUT2D eigenvalue weighted by Gasteiger charge is 2.36. The highest BCUT2D eigenvalue weighted by atomic mass is 15.5. The number of hydrogen-bond donors (Lipinski definition) is 0. The van der Waals surface area contributed by atoms with Gasteiger partial charge in [-0.1, -0.05) is 36.4 Å². The zero-order valence-electron chi connectivity index (χ0n) is 25.4. The summed E-state index contributed by atoms with van der Waals surface area (Å²) in [6.07, 6.45) is 5.18. The van der Waals surface area contributed by atoms with Crippen molar-refractivity contribution >= 4 is 35.4 Å². The standard InChI is InChI=1S/C36H21N13/c1-4-19-37-22(10-1)25-13-7-16-28(40-25)31-43-34-45-32(29-17-8-14-26(41-29)23-11-2-5-20-38-23)47-36-48-33(46-35(44-31)49(34)36)30-18-9-15-27(42-30)24-12-3-6-21-39-24/h1-21H. The van der Waals surface area contributed by atoms with Crippen molar-refractivity contribution in [2.75, 3.05) is 0 Å². The summed E-state index contributed by atoms with van der Waals surface area (Å²) in [5.74, 6) is 1.78. The largest absolute Gasteiger partial charge is 0.255 e. The highest BCUT2D eigenvalue weighted by molar-refractivity contribution is 6.33. The summed E-state index contributed by atoms with van der Waals surface area (Å²) >= 11 is 0. The first-order chi connectivity index (χ1) is 24.2. The first-order valence-electron chi connectivity index (χ1n) is 15.2. The fraction of sp³-hybridized carbons (Fsp3) is 0. The van der Waals surface area contributed by atoms with E-state index in [-0.39, 0.29) is 17.9 Å². The number of rotatable bonds is 6. The maximum atomic E-state index is 4.83. The van der Waals surface area contributed by atoms with Crippen LogP contribution in [-0.4, -0.2) is 70.2 Å². The summed E-state index contributed by atoms with van der Waals surface area (Å²) in [7, 11) is 0. The Balaban J connectivity index is 1.19. The third kappa shape index (κ3) is 5.36. The summed E-state index contributed by atoms with van der Waals surface area (Å²) in [6.45, 7) is 0. The lowest BCUT2D eigenvalue weighted by Gasteiger charge is -2.30. The second kappa shape index (κ2) is 11.8. The number of amidine groups is 3. The van der Waals surface area contributed by atoms with E-state index in [0.717, 1.165) is 17.1 Å². The van der Waals surface area contributed by atoms with Crippen LogP contribution in [0.4, 0.5) is 0 Å². The fourth-order valence-electron chi connectivity index (χ4n) is 5.28. The van der Waals surface area contributed by atoms with E-state index >= 15 is 0 Å². The van der Waals surface area contributed by atoms with E-state index in [1.807, 2.05) is 109 Å². The molecule has 49 heavy (non-hydrogen) atoms. The molecule has 0 radical (unpaired) electrons. The van der Waals surface area contributed by atoms with Gasteiger partial charge in [-0.05, 0) is 72.8 Å². The molecule has 13 heteroatoms. The van der Waals surface area contributed by atoms with Gasteiger partial charge < -0.3 is 0 Å². The van der Waals surface area contributed by atoms with Crippen LogP contribution in [0, 0.1) is 0 Å². The molecule has 6 aromatic heterocycles. The summed E-state index contributed by atoms with van der Waals surface area (Å²) in [5, 5.41) is 0. The van der Waals surface area contributed by atoms with Gasteiger partial charge in [0.05, 0.1) is 34.2 Å². The average molecular weight is 636 g/mol. The molecule has 3 aliphatic rings. The summed E-state index contributed by atoms with van der Waals surface area (Å²) in [4.78, 5) is 58.4. The zero-order valence-corrected chi connectivity index (χ0v) is 25.4. The van der Waals surface area contributed by atoms with Crippen molar-refractivity contribution < 1.29 is 0 Å². The normalized spacial score (nSPS) is 14.8. The molecule has 0 aromatic carbocycles. The van der Waals surface area contributed by atoms with Crippen LogP contribution in [0.3, 0.4) is 0 Å². The first-order valence-corrected chi connectivity index (χ1v) is 15.2. The molecule has 0 amide bonds. The smallest absolute Gasteiger partial charge is 0.243 e. The van der Waals surface area contributed by atoms with Crippen molar-refractivity contribution in [3.8, 4) is 34.2 Å². The van der Waals surface area contributed by atoms with Gasteiger partial charge in [0.15, 0.2) is 17.5 Å². The maximum absolute atomic E-state index is 4.83. The summed E-state index contributed by atoms with van der Waals surface area (Å²) < 4.78 is 0. The van der Waals surface area contributed by atoms with Gasteiger partial charge in [-0.25, -0.2) is 19.9 Å². The fourth-order valence-corrected chi connectivity index (χ4v) is 5.28. The second-order valence-corrected chi connectivity index (χ2v) is 10.7. The third-order valence-corrected chi connectivity index (χ3v) is 7.55. The quantitative estimate of drug-likeness (QED) is 0.246. The predicted octanol–water partition coefficient (Wildman–Crippen LogP) is 5.11. The number of nitrogens with zero attached hydrogens (tertiary/aromatic N) is 13.